The summed E-state index contributed by atoms with van der Waals surface area (Å²) in [6.07, 6.45) is 0. The molecule has 106 valence electrons. The topological polar surface area (TPSA) is 21.3 Å². The Hall–Kier alpha value is -1.32. The minimum absolute atomic E-state index is 0.335. The Morgan fingerprint density at radius 1 is 1.15 bits per heavy atom. The van der Waals surface area contributed by atoms with Gasteiger partial charge < -0.3 is 10.1 Å². The Labute approximate surface area is 129 Å². The molecule has 0 unspecified atom stereocenters. The number of benzene rings is 2. The molecule has 0 spiro atoms. The molecular weight excluding hydrogens is 314 g/mol. The van der Waals surface area contributed by atoms with Gasteiger partial charge >= 0.3 is 0 Å². The second-order valence-electron chi connectivity index (χ2n) is 4.89. The summed E-state index contributed by atoms with van der Waals surface area (Å²) < 4.78 is 6.74. The van der Waals surface area contributed by atoms with Crippen molar-refractivity contribution >= 4 is 15.9 Å². The highest BCUT2D eigenvalue weighted by atomic mass is 79.9. The van der Waals surface area contributed by atoms with E-state index in [9.17, 15) is 0 Å². The van der Waals surface area contributed by atoms with E-state index < -0.39 is 0 Å². The van der Waals surface area contributed by atoms with Gasteiger partial charge in [-0.25, -0.2) is 0 Å². The summed E-state index contributed by atoms with van der Waals surface area (Å²) in [6.45, 7) is 5.76. The molecule has 0 amide bonds. The van der Waals surface area contributed by atoms with E-state index in [0.29, 0.717) is 12.6 Å². The van der Waals surface area contributed by atoms with E-state index in [1.807, 2.05) is 24.3 Å². The molecule has 0 aliphatic heterocycles. The van der Waals surface area contributed by atoms with Gasteiger partial charge in [-0.2, -0.15) is 0 Å². The number of hydrogen-bond acceptors (Lipinski definition) is 2. The maximum atomic E-state index is 5.70. The number of aryl methyl sites for hydroxylation is 1. The molecule has 0 fully saturated rings. The molecule has 2 aromatic carbocycles. The van der Waals surface area contributed by atoms with Crippen molar-refractivity contribution in [1.82, 2.24) is 5.32 Å². The van der Waals surface area contributed by atoms with Gasteiger partial charge in [-0.1, -0.05) is 51.8 Å². The summed E-state index contributed by atoms with van der Waals surface area (Å²) >= 11 is 3.44. The van der Waals surface area contributed by atoms with Gasteiger partial charge in [0.1, 0.15) is 12.4 Å². The molecule has 1 N–H and O–H groups in total. The van der Waals surface area contributed by atoms with Crippen LogP contribution in [0.3, 0.4) is 0 Å². The van der Waals surface area contributed by atoms with Crippen molar-refractivity contribution in [3.63, 3.8) is 0 Å². The summed E-state index contributed by atoms with van der Waals surface area (Å²) in [5, 5.41) is 3.47. The van der Waals surface area contributed by atoms with Crippen LogP contribution in [0.5, 0.6) is 5.75 Å². The fourth-order valence-electron chi connectivity index (χ4n) is 1.97. The predicted octanol–water partition coefficient (Wildman–Crippen LogP) is 4.49. The minimum Gasteiger partial charge on any atom is -0.492 e. The van der Waals surface area contributed by atoms with E-state index in [-0.39, 0.29) is 0 Å². The van der Waals surface area contributed by atoms with Crippen LogP contribution in [-0.4, -0.2) is 13.2 Å². The van der Waals surface area contributed by atoms with Crippen molar-refractivity contribution in [2.24, 2.45) is 0 Å². The van der Waals surface area contributed by atoms with Crippen molar-refractivity contribution in [3.8, 4) is 5.75 Å². The minimum atomic E-state index is 0.335. The third kappa shape index (κ3) is 4.66. The number of nitrogens with one attached hydrogen (secondary N) is 1. The lowest BCUT2D eigenvalue weighted by molar-refractivity contribution is 0.307. The molecule has 1 atom stereocenters. The molecule has 2 aromatic rings. The molecule has 0 aliphatic rings. The van der Waals surface area contributed by atoms with Gasteiger partial charge in [0.15, 0.2) is 0 Å². The lowest BCUT2D eigenvalue weighted by Gasteiger charge is -2.15. The van der Waals surface area contributed by atoms with Crippen LogP contribution < -0.4 is 10.1 Å². The Morgan fingerprint density at radius 3 is 2.60 bits per heavy atom. The monoisotopic (exact) mass is 333 g/mol. The highest BCUT2D eigenvalue weighted by Crippen LogP contribution is 2.17. The fraction of sp³-hybridized carbons (Fsp3) is 0.294. The molecule has 3 heteroatoms. The Balaban J connectivity index is 1.74. The third-order valence-electron chi connectivity index (χ3n) is 3.19. The van der Waals surface area contributed by atoms with Gasteiger partial charge in [-0.05, 0) is 37.6 Å². The molecule has 2 nitrogen and oxygen atoms in total. The first-order valence-electron chi connectivity index (χ1n) is 6.83. The van der Waals surface area contributed by atoms with Gasteiger partial charge in [0.05, 0.1) is 0 Å². The summed E-state index contributed by atoms with van der Waals surface area (Å²) in [5.74, 6) is 0.893. The molecule has 0 radical (unpaired) electrons. The molecule has 0 saturated carbocycles. The van der Waals surface area contributed by atoms with Gasteiger partial charge in [-0.15, -0.1) is 0 Å². The normalized spacial score (nSPS) is 12.2. The highest BCUT2D eigenvalue weighted by molar-refractivity contribution is 9.10. The van der Waals surface area contributed by atoms with Gasteiger partial charge in [0.2, 0.25) is 0 Å². The zero-order valence-corrected chi connectivity index (χ0v) is 13.5. The summed E-state index contributed by atoms with van der Waals surface area (Å²) in [4.78, 5) is 0. The van der Waals surface area contributed by atoms with Crippen molar-refractivity contribution in [1.29, 1.82) is 0 Å². The average Bonchev–Trinajstić information content (AvgIpc) is 2.44. The first-order chi connectivity index (χ1) is 9.65. The van der Waals surface area contributed by atoms with E-state index in [1.165, 1.54) is 11.1 Å². The quantitative estimate of drug-likeness (QED) is 0.786. The largest absolute Gasteiger partial charge is 0.492 e. The zero-order chi connectivity index (χ0) is 14.4. The Morgan fingerprint density at radius 2 is 1.90 bits per heavy atom. The number of hydrogen-bond donors (Lipinski definition) is 1. The number of halogens is 1. The molecule has 20 heavy (non-hydrogen) atoms. The standard InChI is InChI=1S/C17H20BrNO/c1-13-6-8-15(9-7-13)14(2)19-10-11-20-17-5-3-4-16(18)12-17/h3-9,12,14,19H,10-11H2,1-2H3/t14-/m1/s1. The van der Waals surface area contributed by atoms with Crippen LogP contribution in [0.4, 0.5) is 0 Å². The maximum Gasteiger partial charge on any atom is 0.120 e. The lowest BCUT2D eigenvalue weighted by Crippen LogP contribution is -2.24. The van der Waals surface area contributed by atoms with Crippen molar-refractivity contribution in [3.05, 3.63) is 64.1 Å². The van der Waals surface area contributed by atoms with E-state index in [0.717, 1.165) is 16.8 Å². The van der Waals surface area contributed by atoms with Crippen LogP contribution in [0.2, 0.25) is 0 Å². The fourth-order valence-corrected chi connectivity index (χ4v) is 2.35. The van der Waals surface area contributed by atoms with Gasteiger partial charge in [-0.3, -0.25) is 0 Å². The maximum absolute atomic E-state index is 5.70. The van der Waals surface area contributed by atoms with Crippen molar-refractivity contribution in [2.75, 3.05) is 13.2 Å². The predicted molar refractivity (Wildman–Crippen MR) is 87.2 cm³/mol. The van der Waals surface area contributed by atoms with Crippen LogP contribution in [0.1, 0.15) is 24.1 Å². The Kier molecular flexibility index (Phi) is 5.62. The Bertz CT molecular complexity index is 539. The molecule has 0 saturated heterocycles. The van der Waals surface area contributed by atoms with E-state index in [4.69, 9.17) is 4.74 Å². The molecule has 0 heterocycles. The molecule has 0 aliphatic carbocycles. The van der Waals surface area contributed by atoms with Crippen LogP contribution in [0.15, 0.2) is 53.0 Å². The summed E-state index contributed by atoms with van der Waals surface area (Å²) in [6, 6.07) is 16.9. The summed E-state index contributed by atoms with van der Waals surface area (Å²) in [7, 11) is 0. The second kappa shape index (κ2) is 7.46. The van der Waals surface area contributed by atoms with E-state index in [2.05, 4.69) is 59.4 Å². The molecule has 0 aromatic heterocycles. The van der Waals surface area contributed by atoms with Crippen LogP contribution >= 0.6 is 15.9 Å². The van der Waals surface area contributed by atoms with E-state index in [1.54, 1.807) is 0 Å². The molecule has 2 rings (SSSR count). The van der Waals surface area contributed by atoms with Crippen LogP contribution in [0.25, 0.3) is 0 Å². The smallest absolute Gasteiger partial charge is 0.120 e. The van der Waals surface area contributed by atoms with Crippen molar-refractivity contribution in [2.45, 2.75) is 19.9 Å². The van der Waals surface area contributed by atoms with Crippen molar-refractivity contribution < 1.29 is 4.74 Å². The molecule has 0 bridgehead atoms. The summed E-state index contributed by atoms with van der Waals surface area (Å²) in [5.41, 5.74) is 2.59. The number of ether oxygens (including phenoxy) is 1. The first kappa shape index (κ1) is 15.1. The van der Waals surface area contributed by atoms with E-state index >= 15 is 0 Å². The van der Waals surface area contributed by atoms with Gasteiger partial charge in [0, 0.05) is 17.1 Å². The third-order valence-corrected chi connectivity index (χ3v) is 3.69. The lowest BCUT2D eigenvalue weighted by atomic mass is 10.1. The van der Waals surface area contributed by atoms with Crippen LogP contribution in [0, 0.1) is 6.92 Å². The first-order valence-corrected chi connectivity index (χ1v) is 7.63. The SMILES string of the molecule is Cc1ccc([C@@H](C)NCCOc2cccc(Br)c2)cc1. The average molecular weight is 334 g/mol. The molecular formula is C17H20BrNO. The number of rotatable bonds is 6. The second-order valence-corrected chi connectivity index (χ2v) is 5.81. The highest BCUT2D eigenvalue weighted by Gasteiger charge is 2.03. The zero-order valence-electron chi connectivity index (χ0n) is 11.9. The van der Waals surface area contributed by atoms with Crippen LogP contribution in [-0.2, 0) is 0 Å². The van der Waals surface area contributed by atoms with Gasteiger partial charge in [0.25, 0.3) is 0 Å².